The number of allylic oxidation sites excluding steroid dienone is 6. The van der Waals surface area contributed by atoms with Crippen LogP contribution in [0.5, 0.6) is 0 Å². The van der Waals surface area contributed by atoms with Crippen LogP contribution < -0.4 is 0 Å². The minimum Gasteiger partial charge on any atom is -0.396 e. The number of hydrogen-bond acceptors (Lipinski definition) is 2. The number of aliphatic hydroxyl groups is 2. The van der Waals surface area contributed by atoms with Crippen LogP contribution in [-0.2, 0) is 26.2 Å². The van der Waals surface area contributed by atoms with Crippen molar-refractivity contribution in [3.05, 3.63) is 42.7 Å². The molecule has 0 heterocycles. The van der Waals surface area contributed by atoms with E-state index in [0.29, 0.717) is 12.8 Å². The van der Waals surface area contributed by atoms with Crippen molar-refractivity contribution in [2.75, 3.05) is 13.2 Å². The van der Waals surface area contributed by atoms with Crippen molar-refractivity contribution < 1.29 is 36.4 Å². The fraction of sp³-hybridized carbons (Fsp3) is 0.500. The van der Waals surface area contributed by atoms with E-state index in [4.69, 9.17) is 23.2 Å². The number of halogens is 2. The maximum absolute atomic E-state index is 9.27. The summed E-state index contributed by atoms with van der Waals surface area (Å²) in [5.74, 6) is 0. The second-order valence-electron chi connectivity index (χ2n) is 5.76. The fourth-order valence-electron chi connectivity index (χ4n) is 3.27. The zero-order chi connectivity index (χ0) is 15.6. The van der Waals surface area contributed by atoms with Gasteiger partial charge >= 0.3 is 0 Å². The topological polar surface area (TPSA) is 40.5 Å². The van der Waals surface area contributed by atoms with Crippen LogP contribution >= 0.6 is 23.2 Å². The molecule has 2 nitrogen and oxygen atoms in total. The Morgan fingerprint density at radius 2 is 1.23 bits per heavy atom. The molecule has 0 atom stereocenters. The number of aliphatic hydroxyl groups excluding tert-OH is 2. The Morgan fingerprint density at radius 3 is 1.55 bits per heavy atom. The summed E-state index contributed by atoms with van der Waals surface area (Å²) in [6, 6.07) is 0. The van der Waals surface area contributed by atoms with Crippen LogP contribution in [-0.4, -0.2) is 32.9 Å². The van der Waals surface area contributed by atoms with Crippen LogP contribution in [0.25, 0.3) is 0 Å². The summed E-state index contributed by atoms with van der Waals surface area (Å²) in [5.41, 5.74) is 5.02. The van der Waals surface area contributed by atoms with E-state index < -0.39 is 9.52 Å². The van der Waals surface area contributed by atoms with Gasteiger partial charge in [0.1, 0.15) is 0 Å². The third-order valence-corrected chi connectivity index (χ3v) is 7.92. The van der Waals surface area contributed by atoms with Gasteiger partial charge in [0.25, 0.3) is 0 Å². The zero-order valence-electron chi connectivity index (χ0n) is 13.1. The van der Waals surface area contributed by atoms with E-state index in [1.54, 1.807) is 0 Å². The van der Waals surface area contributed by atoms with E-state index >= 15 is 0 Å². The smallest absolute Gasteiger partial charge is 0.0912 e. The van der Waals surface area contributed by atoms with Crippen LogP contribution in [0.15, 0.2) is 42.7 Å². The molecule has 2 aliphatic rings. The van der Waals surface area contributed by atoms with Crippen LogP contribution in [0.2, 0.25) is 0 Å². The Balaban J connectivity index is 0.00000242. The van der Waals surface area contributed by atoms with Crippen molar-refractivity contribution >= 4 is 32.7 Å². The molecular formula is C16H22Cl2O2SiZr. The standard InChI is InChI=1S/C16H22Cl2O2Si.Zr/c1-9-7-13(17)15(11(9)3-5-19)21-16-12(4-6-20)10(2)8-14(16)18;/h19-20H,3-8,21H2,1-2H3;. The molecule has 0 bridgehead atoms. The molecule has 0 aromatic carbocycles. The van der Waals surface area contributed by atoms with Crippen molar-refractivity contribution in [1.82, 2.24) is 0 Å². The molecule has 0 fully saturated rings. The molecule has 0 spiro atoms. The molecule has 22 heavy (non-hydrogen) atoms. The van der Waals surface area contributed by atoms with E-state index in [1.165, 1.54) is 32.7 Å². The maximum atomic E-state index is 9.27. The maximum Gasteiger partial charge on any atom is 0.0912 e. The molecule has 0 unspecified atom stereocenters. The van der Waals surface area contributed by atoms with E-state index in [-0.39, 0.29) is 39.4 Å². The van der Waals surface area contributed by atoms with Crippen molar-refractivity contribution in [2.45, 2.75) is 39.5 Å². The summed E-state index contributed by atoms with van der Waals surface area (Å²) in [5, 5.41) is 22.9. The van der Waals surface area contributed by atoms with Crippen molar-refractivity contribution in [3.8, 4) is 0 Å². The van der Waals surface area contributed by atoms with Gasteiger partial charge in [-0.05, 0) is 48.2 Å². The molecule has 0 amide bonds. The van der Waals surface area contributed by atoms with E-state index in [2.05, 4.69) is 13.8 Å². The molecule has 0 aliphatic heterocycles. The molecule has 0 saturated heterocycles. The van der Waals surface area contributed by atoms with Crippen molar-refractivity contribution in [3.63, 3.8) is 0 Å². The van der Waals surface area contributed by atoms with Gasteiger partial charge in [-0.1, -0.05) is 34.3 Å². The van der Waals surface area contributed by atoms with Gasteiger partial charge in [-0.25, -0.2) is 0 Å². The summed E-state index contributed by atoms with van der Waals surface area (Å²) in [4.78, 5) is 0. The second kappa shape index (κ2) is 9.15. The summed E-state index contributed by atoms with van der Waals surface area (Å²) in [6.45, 7) is 4.49. The zero-order valence-corrected chi connectivity index (χ0v) is 18.5. The van der Waals surface area contributed by atoms with Crippen LogP contribution in [0, 0.1) is 0 Å². The third kappa shape index (κ3) is 4.34. The largest absolute Gasteiger partial charge is 0.396 e. The third-order valence-electron chi connectivity index (χ3n) is 4.33. The average molecular weight is 437 g/mol. The van der Waals surface area contributed by atoms with Crippen molar-refractivity contribution in [2.24, 2.45) is 0 Å². The normalized spacial score (nSPS) is 18.8. The molecule has 0 radical (unpaired) electrons. The van der Waals surface area contributed by atoms with Crippen molar-refractivity contribution in [1.29, 1.82) is 0 Å². The number of rotatable bonds is 6. The van der Waals surface area contributed by atoms with Gasteiger partial charge in [-0.15, -0.1) is 0 Å². The fourth-order valence-corrected chi connectivity index (χ4v) is 6.67. The van der Waals surface area contributed by atoms with Gasteiger partial charge in [0, 0.05) is 62.3 Å². The molecule has 0 aromatic heterocycles. The van der Waals surface area contributed by atoms with E-state index in [9.17, 15) is 10.2 Å². The Morgan fingerprint density at radius 1 is 0.864 bits per heavy atom. The Bertz CT molecular complexity index is 527. The number of hydrogen-bond donors (Lipinski definition) is 2. The SMILES string of the molecule is CC1=C(CCO)C([SiH2]C2=C(Cl)CC(C)=C2CCO)=C(Cl)C1.[Zr]. The van der Waals surface area contributed by atoms with Gasteiger partial charge in [0.15, 0.2) is 0 Å². The first kappa shape index (κ1) is 20.6. The molecule has 6 heteroatoms. The van der Waals surface area contributed by atoms with Gasteiger partial charge in [-0.2, -0.15) is 0 Å². The Hall–Kier alpha value is 0.560. The minimum atomic E-state index is -0.772. The molecule has 2 N–H and O–H groups in total. The summed E-state index contributed by atoms with van der Waals surface area (Å²) in [6.07, 6.45) is 2.96. The van der Waals surface area contributed by atoms with Crippen LogP contribution in [0.4, 0.5) is 0 Å². The molecule has 0 saturated carbocycles. The van der Waals surface area contributed by atoms with Crippen LogP contribution in [0.1, 0.15) is 39.5 Å². The Labute approximate surface area is 163 Å². The minimum absolute atomic E-state index is 0. The molecule has 0 aromatic rings. The predicted octanol–water partition coefficient (Wildman–Crippen LogP) is 3.26. The summed E-state index contributed by atoms with van der Waals surface area (Å²) >= 11 is 12.9. The van der Waals surface area contributed by atoms with E-state index in [1.807, 2.05) is 0 Å². The average Bonchev–Trinajstić information content (AvgIpc) is 2.83. The first-order valence-corrected chi connectivity index (χ1v) is 9.51. The first-order chi connectivity index (χ1) is 9.99. The predicted molar refractivity (Wildman–Crippen MR) is 92.3 cm³/mol. The Kier molecular flexibility index (Phi) is 8.57. The molecule has 2 aliphatic carbocycles. The second-order valence-corrected chi connectivity index (χ2v) is 8.44. The molecule has 2 rings (SSSR count). The summed E-state index contributed by atoms with van der Waals surface area (Å²) in [7, 11) is -0.772. The molecule has 120 valence electrons. The van der Waals surface area contributed by atoms with Gasteiger partial charge in [0.2, 0.25) is 0 Å². The van der Waals surface area contributed by atoms with Gasteiger partial charge < -0.3 is 10.2 Å². The van der Waals surface area contributed by atoms with E-state index in [0.717, 1.165) is 22.9 Å². The molecular weight excluding hydrogens is 414 g/mol. The van der Waals surface area contributed by atoms with Crippen LogP contribution in [0.3, 0.4) is 0 Å². The monoisotopic (exact) mass is 434 g/mol. The quantitative estimate of drug-likeness (QED) is 0.628. The van der Waals surface area contributed by atoms with Gasteiger partial charge in [-0.3, -0.25) is 0 Å². The summed E-state index contributed by atoms with van der Waals surface area (Å²) < 4.78 is 0. The first-order valence-electron chi connectivity index (χ1n) is 7.34. The van der Waals surface area contributed by atoms with Gasteiger partial charge in [0.05, 0.1) is 9.52 Å².